The smallest absolute Gasteiger partial charge is 0.426 e. The number of nitrogens with one attached hydrogen (secondary N) is 2. The summed E-state index contributed by atoms with van der Waals surface area (Å²) in [5, 5.41) is 22.3. The van der Waals surface area contributed by atoms with E-state index in [9.17, 15) is 28.1 Å². The van der Waals surface area contributed by atoms with E-state index in [0.717, 1.165) is 11.6 Å². The molecule has 1 fully saturated rings. The van der Waals surface area contributed by atoms with E-state index in [1.54, 1.807) is 0 Å². The molecule has 1 aliphatic heterocycles. The Bertz CT molecular complexity index is 1200. The van der Waals surface area contributed by atoms with Gasteiger partial charge in [0.2, 0.25) is 21.8 Å². The van der Waals surface area contributed by atoms with Crippen LogP contribution < -0.4 is 10.0 Å². The first-order chi connectivity index (χ1) is 18.1. The average Bonchev–Trinajstić information content (AvgIpc) is 2.89. The molecule has 0 saturated carbocycles. The Morgan fingerprint density at radius 2 is 1.76 bits per heavy atom. The van der Waals surface area contributed by atoms with Crippen molar-refractivity contribution in [3.8, 4) is 0 Å². The Labute approximate surface area is 232 Å². The van der Waals surface area contributed by atoms with E-state index in [1.165, 1.54) is 17.0 Å². The minimum atomic E-state index is -4.39. The van der Waals surface area contributed by atoms with Crippen molar-refractivity contribution in [3.05, 3.63) is 64.1 Å². The number of hydrogen-bond acceptors (Lipinski definition) is 7. The standard InChI is InChI=1S/C24H30BCl2N3O7S/c26-18-9-10-19(27)21(15-18)38(35,36)29-20(16-23(31)30-11-13-37-14-12-30)24(32)28-22(25(33)34)8-4-7-17-5-2-1-3-6-17/h1-3,5-6,9-10,15,20,22,29,33-34H,4,7-8,11-14,16H2,(H,28,32)/t20-,22+/m1/s1. The summed E-state index contributed by atoms with van der Waals surface area (Å²) < 4.78 is 33.8. The lowest BCUT2D eigenvalue weighted by Gasteiger charge is -2.29. The average molecular weight is 586 g/mol. The van der Waals surface area contributed by atoms with E-state index >= 15 is 0 Å². The van der Waals surface area contributed by atoms with Crippen molar-refractivity contribution in [1.29, 1.82) is 0 Å². The van der Waals surface area contributed by atoms with Gasteiger partial charge in [-0.25, -0.2) is 8.42 Å². The van der Waals surface area contributed by atoms with Crippen molar-refractivity contribution >= 4 is 52.2 Å². The minimum absolute atomic E-state index is 0.113. The SMILES string of the molecule is O=C(N[C@@H](CCCc1ccccc1)B(O)O)[C@@H](CC(=O)N1CCOCC1)NS(=O)(=O)c1cc(Cl)ccc1Cl. The quantitative estimate of drug-likeness (QED) is 0.275. The number of amides is 2. The van der Waals surface area contributed by atoms with Gasteiger partial charge in [-0.15, -0.1) is 0 Å². The summed E-state index contributed by atoms with van der Waals surface area (Å²) in [6.45, 7) is 1.26. The van der Waals surface area contributed by atoms with E-state index in [0.29, 0.717) is 39.1 Å². The largest absolute Gasteiger partial charge is 0.475 e. The Hall–Kier alpha value is -2.19. The molecule has 0 unspecified atom stereocenters. The second-order valence-electron chi connectivity index (χ2n) is 8.85. The van der Waals surface area contributed by atoms with Crippen molar-refractivity contribution in [2.45, 2.75) is 42.6 Å². The fraction of sp³-hybridized carbons (Fsp3) is 0.417. The predicted octanol–water partition coefficient (Wildman–Crippen LogP) is 1.41. The molecule has 0 aliphatic carbocycles. The van der Waals surface area contributed by atoms with Gasteiger partial charge in [-0.05, 0) is 43.0 Å². The van der Waals surface area contributed by atoms with Gasteiger partial charge in [0, 0.05) is 18.1 Å². The molecule has 1 heterocycles. The molecule has 14 heteroatoms. The monoisotopic (exact) mass is 585 g/mol. The molecule has 206 valence electrons. The third kappa shape index (κ3) is 8.94. The minimum Gasteiger partial charge on any atom is -0.426 e. The molecule has 2 atom stereocenters. The number of carbonyl (C=O) groups excluding carboxylic acids is 2. The molecule has 38 heavy (non-hydrogen) atoms. The highest BCUT2D eigenvalue weighted by Gasteiger charge is 2.34. The summed E-state index contributed by atoms with van der Waals surface area (Å²) >= 11 is 12.0. The number of benzene rings is 2. The van der Waals surface area contributed by atoms with Gasteiger partial charge in [0.1, 0.15) is 10.9 Å². The number of nitrogens with zero attached hydrogens (tertiary/aromatic N) is 1. The Kier molecular flexibility index (Phi) is 11.4. The predicted molar refractivity (Wildman–Crippen MR) is 144 cm³/mol. The highest BCUT2D eigenvalue weighted by molar-refractivity contribution is 7.89. The van der Waals surface area contributed by atoms with Gasteiger partial charge >= 0.3 is 7.12 Å². The third-order valence-corrected chi connectivity index (χ3v) is 8.24. The maximum absolute atomic E-state index is 13.3. The molecule has 1 aliphatic rings. The zero-order valence-corrected chi connectivity index (χ0v) is 22.9. The second-order valence-corrected chi connectivity index (χ2v) is 11.4. The third-order valence-electron chi connectivity index (χ3n) is 6.05. The Balaban J connectivity index is 1.76. The van der Waals surface area contributed by atoms with Crippen LogP contribution in [0.15, 0.2) is 53.4 Å². The number of halogens is 2. The molecule has 1 saturated heterocycles. The van der Waals surface area contributed by atoms with Crippen LogP contribution in [-0.2, 0) is 30.8 Å². The van der Waals surface area contributed by atoms with Crippen molar-refractivity contribution in [2.75, 3.05) is 26.3 Å². The molecular weight excluding hydrogens is 556 g/mol. The number of ether oxygens (including phenoxy) is 1. The zero-order valence-electron chi connectivity index (χ0n) is 20.6. The topological polar surface area (TPSA) is 145 Å². The van der Waals surface area contributed by atoms with Gasteiger partial charge < -0.3 is 25.0 Å². The molecule has 0 radical (unpaired) electrons. The lowest BCUT2D eigenvalue weighted by atomic mass is 9.76. The van der Waals surface area contributed by atoms with Crippen molar-refractivity contribution in [2.24, 2.45) is 0 Å². The van der Waals surface area contributed by atoms with E-state index in [2.05, 4.69) is 10.0 Å². The zero-order chi connectivity index (χ0) is 27.7. The van der Waals surface area contributed by atoms with Crippen LogP contribution in [-0.4, -0.2) is 80.6 Å². The normalized spacial score (nSPS) is 15.5. The molecule has 2 amide bonds. The second kappa shape index (κ2) is 14.3. The van der Waals surface area contributed by atoms with E-state index in [-0.39, 0.29) is 21.4 Å². The van der Waals surface area contributed by atoms with Crippen LogP contribution in [0.4, 0.5) is 0 Å². The van der Waals surface area contributed by atoms with Crippen molar-refractivity contribution in [1.82, 2.24) is 14.9 Å². The molecule has 2 aromatic carbocycles. The van der Waals surface area contributed by atoms with E-state index in [1.807, 2.05) is 30.3 Å². The van der Waals surface area contributed by atoms with Crippen molar-refractivity contribution < 1.29 is 32.8 Å². The molecule has 0 spiro atoms. The number of hydrogen-bond donors (Lipinski definition) is 4. The van der Waals surface area contributed by atoms with Gasteiger partial charge in [-0.1, -0.05) is 53.5 Å². The molecule has 0 aromatic heterocycles. The van der Waals surface area contributed by atoms with E-state index in [4.69, 9.17) is 27.9 Å². The summed E-state index contributed by atoms with van der Waals surface area (Å²) in [4.78, 5) is 27.3. The lowest BCUT2D eigenvalue weighted by molar-refractivity contribution is -0.138. The molecule has 10 nitrogen and oxygen atoms in total. The van der Waals surface area contributed by atoms with Crippen LogP contribution in [0.25, 0.3) is 0 Å². The molecule has 4 N–H and O–H groups in total. The van der Waals surface area contributed by atoms with E-state index < -0.39 is 47.4 Å². The summed E-state index contributed by atoms with van der Waals surface area (Å²) in [6, 6.07) is 11.8. The van der Waals surface area contributed by atoms with Crippen LogP contribution in [0.2, 0.25) is 10.0 Å². The first-order valence-electron chi connectivity index (χ1n) is 12.1. The molecular formula is C24H30BCl2N3O7S. The first-order valence-corrected chi connectivity index (χ1v) is 14.3. The van der Waals surface area contributed by atoms with Crippen LogP contribution in [0.1, 0.15) is 24.8 Å². The van der Waals surface area contributed by atoms with Crippen molar-refractivity contribution in [3.63, 3.8) is 0 Å². The summed E-state index contributed by atoms with van der Waals surface area (Å²) in [5.41, 5.74) is 1.05. The number of carbonyl (C=O) groups is 2. The van der Waals surface area contributed by atoms with Crippen LogP contribution >= 0.6 is 23.2 Å². The maximum atomic E-state index is 13.3. The van der Waals surface area contributed by atoms with Gasteiger partial charge in [0.05, 0.1) is 30.6 Å². The Morgan fingerprint density at radius 1 is 1.08 bits per heavy atom. The summed E-state index contributed by atoms with van der Waals surface area (Å²) in [7, 11) is -6.29. The van der Waals surface area contributed by atoms with Gasteiger partial charge in [-0.3, -0.25) is 9.59 Å². The number of morpholine rings is 1. The van der Waals surface area contributed by atoms with Gasteiger partial charge in [0.25, 0.3) is 0 Å². The molecule has 2 aromatic rings. The summed E-state index contributed by atoms with van der Waals surface area (Å²) in [6.07, 6.45) is 0.864. The number of sulfonamides is 1. The van der Waals surface area contributed by atoms with Gasteiger partial charge in [0.15, 0.2) is 0 Å². The van der Waals surface area contributed by atoms with Gasteiger partial charge in [-0.2, -0.15) is 4.72 Å². The molecule has 3 rings (SSSR count). The molecule has 0 bridgehead atoms. The van der Waals surface area contributed by atoms with Crippen LogP contribution in [0, 0.1) is 0 Å². The maximum Gasteiger partial charge on any atom is 0.475 e. The fourth-order valence-corrected chi connectivity index (χ4v) is 5.95. The van der Waals surface area contributed by atoms with Crippen LogP contribution in [0.5, 0.6) is 0 Å². The fourth-order valence-electron chi connectivity index (χ4n) is 3.99. The van der Waals surface area contributed by atoms with Crippen LogP contribution in [0.3, 0.4) is 0 Å². The summed E-state index contributed by atoms with van der Waals surface area (Å²) in [5.74, 6) is -2.43. The highest BCUT2D eigenvalue weighted by Crippen LogP contribution is 2.25. The number of rotatable bonds is 12. The lowest BCUT2D eigenvalue weighted by Crippen LogP contribution is -2.55. The number of aryl methyl sites for hydroxylation is 1. The Morgan fingerprint density at radius 3 is 2.42 bits per heavy atom. The highest BCUT2D eigenvalue weighted by atomic mass is 35.5. The first kappa shape index (κ1) is 30.4.